The number of fused-ring (bicyclic) bond motifs is 1. The molecule has 0 radical (unpaired) electrons. The number of aryl methyl sites for hydroxylation is 1. The van der Waals surface area contributed by atoms with E-state index in [1.165, 1.54) is 4.31 Å². The van der Waals surface area contributed by atoms with Crippen molar-refractivity contribution >= 4 is 15.7 Å². The lowest BCUT2D eigenvalue weighted by Crippen LogP contribution is -2.38. The first-order valence-electron chi connectivity index (χ1n) is 6.93. The number of anilines is 1. The van der Waals surface area contributed by atoms with Crippen molar-refractivity contribution in [3.05, 3.63) is 48.0 Å². The highest BCUT2D eigenvalue weighted by atomic mass is 32.2. The summed E-state index contributed by atoms with van der Waals surface area (Å²) >= 11 is 0. The SMILES string of the molecule is COc1ccc(S(=O)(=O)N2CCOc3ccccc32)c(C)c1. The third-order valence-electron chi connectivity index (χ3n) is 3.64. The van der Waals surface area contributed by atoms with Crippen LogP contribution in [0.15, 0.2) is 47.4 Å². The Kier molecular flexibility index (Phi) is 3.70. The van der Waals surface area contributed by atoms with Gasteiger partial charge in [0.05, 0.1) is 24.2 Å². The molecule has 0 amide bonds. The molecule has 116 valence electrons. The third-order valence-corrected chi connectivity index (χ3v) is 5.61. The molecular formula is C16H17NO4S. The Balaban J connectivity index is 2.08. The molecular weight excluding hydrogens is 302 g/mol. The van der Waals surface area contributed by atoms with Crippen molar-refractivity contribution in [3.63, 3.8) is 0 Å². The fourth-order valence-electron chi connectivity index (χ4n) is 2.55. The van der Waals surface area contributed by atoms with Gasteiger partial charge in [-0.05, 0) is 42.8 Å². The van der Waals surface area contributed by atoms with E-state index in [2.05, 4.69) is 0 Å². The van der Waals surface area contributed by atoms with Gasteiger partial charge in [-0.3, -0.25) is 4.31 Å². The Hall–Kier alpha value is -2.21. The summed E-state index contributed by atoms with van der Waals surface area (Å²) in [7, 11) is -2.08. The molecule has 6 heteroatoms. The quantitative estimate of drug-likeness (QED) is 0.872. The average molecular weight is 319 g/mol. The second-order valence-electron chi connectivity index (χ2n) is 5.02. The topological polar surface area (TPSA) is 55.8 Å². The minimum absolute atomic E-state index is 0.282. The van der Waals surface area contributed by atoms with Crippen LogP contribution in [0.4, 0.5) is 5.69 Å². The fraction of sp³-hybridized carbons (Fsp3) is 0.250. The Labute approximate surface area is 130 Å². The van der Waals surface area contributed by atoms with E-state index in [1.54, 1.807) is 50.4 Å². The summed E-state index contributed by atoms with van der Waals surface area (Å²) in [5.74, 6) is 1.22. The van der Waals surface area contributed by atoms with E-state index in [1.807, 2.05) is 6.07 Å². The van der Waals surface area contributed by atoms with Crippen molar-refractivity contribution in [2.45, 2.75) is 11.8 Å². The van der Waals surface area contributed by atoms with Crippen LogP contribution < -0.4 is 13.8 Å². The summed E-state index contributed by atoms with van der Waals surface area (Å²) in [6, 6.07) is 12.1. The summed E-state index contributed by atoms with van der Waals surface area (Å²) < 4.78 is 38.1. The Morgan fingerprint density at radius 3 is 2.68 bits per heavy atom. The van der Waals surface area contributed by atoms with Gasteiger partial charge in [0.1, 0.15) is 18.1 Å². The number of hydrogen-bond acceptors (Lipinski definition) is 4. The van der Waals surface area contributed by atoms with Crippen LogP contribution in [-0.2, 0) is 10.0 Å². The van der Waals surface area contributed by atoms with Gasteiger partial charge in [0, 0.05) is 0 Å². The molecule has 2 aromatic carbocycles. The first-order valence-corrected chi connectivity index (χ1v) is 8.37. The minimum Gasteiger partial charge on any atom is -0.497 e. The highest BCUT2D eigenvalue weighted by Crippen LogP contribution is 2.35. The van der Waals surface area contributed by atoms with Crippen molar-refractivity contribution in [2.75, 3.05) is 24.6 Å². The Morgan fingerprint density at radius 1 is 1.18 bits per heavy atom. The first kappa shape index (κ1) is 14.7. The second-order valence-corrected chi connectivity index (χ2v) is 6.86. The van der Waals surface area contributed by atoms with Crippen LogP contribution in [-0.4, -0.2) is 28.7 Å². The smallest absolute Gasteiger partial charge is 0.264 e. The summed E-state index contributed by atoms with van der Waals surface area (Å²) in [5, 5.41) is 0. The van der Waals surface area contributed by atoms with Crippen LogP contribution in [0, 0.1) is 6.92 Å². The first-order chi connectivity index (χ1) is 10.5. The van der Waals surface area contributed by atoms with E-state index in [-0.39, 0.29) is 4.90 Å². The standard InChI is InChI=1S/C16H17NO4S/c1-12-11-13(20-2)7-8-16(12)22(18,19)17-9-10-21-15-6-4-3-5-14(15)17/h3-8,11H,9-10H2,1-2H3. The Morgan fingerprint density at radius 2 is 1.95 bits per heavy atom. The molecule has 0 N–H and O–H groups in total. The molecule has 0 spiro atoms. The minimum atomic E-state index is -3.63. The lowest BCUT2D eigenvalue weighted by atomic mass is 10.2. The van der Waals surface area contributed by atoms with Gasteiger partial charge in [-0.2, -0.15) is 0 Å². The summed E-state index contributed by atoms with van der Waals surface area (Å²) in [4.78, 5) is 0.282. The van der Waals surface area contributed by atoms with E-state index in [9.17, 15) is 8.42 Å². The maximum Gasteiger partial charge on any atom is 0.264 e. The van der Waals surface area contributed by atoms with Gasteiger partial charge in [0.2, 0.25) is 0 Å². The molecule has 22 heavy (non-hydrogen) atoms. The number of rotatable bonds is 3. The summed E-state index contributed by atoms with van der Waals surface area (Å²) in [6.07, 6.45) is 0. The fourth-order valence-corrected chi connectivity index (χ4v) is 4.22. The van der Waals surface area contributed by atoms with E-state index in [0.717, 1.165) is 0 Å². The van der Waals surface area contributed by atoms with Crippen LogP contribution in [0.3, 0.4) is 0 Å². The van der Waals surface area contributed by atoms with Gasteiger partial charge < -0.3 is 9.47 Å². The van der Waals surface area contributed by atoms with Crippen molar-refractivity contribution in [2.24, 2.45) is 0 Å². The van der Waals surface area contributed by atoms with Crippen LogP contribution >= 0.6 is 0 Å². The van der Waals surface area contributed by atoms with Gasteiger partial charge in [-0.1, -0.05) is 12.1 Å². The van der Waals surface area contributed by atoms with Crippen LogP contribution in [0.5, 0.6) is 11.5 Å². The maximum atomic E-state index is 13.0. The molecule has 1 aliphatic rings. The monoisotopic (exact) mass is 319 g/mol. The molecule has 1 aliphatic heterocycles. The lowest BCUT2D eigenvalue weighted by Gasteiger charge is -2.30. The lowest BCUT2D eigenvalue weighted by molar-refractivity contribution is 0.316. The zero-order chi connectivity index (χ0) is 15.7. The van der Waals surface area contributed by atoms with Gasteiger partial charge in [0.15, 0.2) is 0 Å². The normalized spacial score (nSPS) is 14.2. The maximum absolute atomic E-state index is 13.0. The molecule has 1 heterocycles. The van der Waals surface area contributed by atoms with Crippen molar-refractivity contribution in [1.29, 1.82) is 0 Å². The number of para-hydroxylation sites is 2. The largest absolute Gasteiger partial charge is 0.497 e. The highest BCUT2D eigenvalue weighted by Gasteiger charge is 2.30. The predicted octanol–water partition coefficient (Wildman–Crippen LogP) is 2.59. The second kappa shape index (κ2) is 5.53. The molecule has 0 unspecified atom stereocenters. The van der Waals surface area contributed by atoms with Crippen LogP contribution in [0.1, 0.15) is 5.56 Å². The molecule has 0 aromatic heterocycles. The van der Waals surface area contributed by atoms with Crippen molar-refractivity contribution < 1.29 is 17.9 Å². The molecule has 5 nitrogen and oxygen atoms in total. The molecule has 2 aromatic rings. The number of ether oxygens (including phenoxy) is 2. The average Bonchev–Trinajstić information content (AvgIpc) is 2.53. The van der Waals surface area contributed by atoms with Gasteiger partial charge in [-0.25, -0.2) is 8.42 Å². The molecule has 0 saturated heterocycles. The van der Waals surface area contributed by atoms with Crippen LogP contribution in [0.2, 0.25) is 0 Å². The molecule has 0 saturated carbocycles. The van der Waals surface area contributed by atoms with Crippen LogP contribution in [0.25, 0.3) is 0 Å². The molecule has 0 bridgehead atoms. The Bertz CT molecular complexity index is 802. The van der Waals surface area contributed by atoms with Gasteiger partial charge in [-0.15, -0.1) is 0 Å². The number of hydrogen-bond donors (Lipinski definition) is 0. The van der Waals surface area contributed by atoms with Gasteiger partial charge in [0.25, 0.3) is 10.0 Å². The zero-order valence-corrected chi connectivity index (χ0v) is 13.3. The molecule has 0 fully saturated rings. The highest BCUT2D eigenvalue weighted by molar-refractivity contribution is 7.92. The number of nitrogens with zero attached hydrogens (tertiary/aromatic N) is 1. The predicted molar refractivity (Wildman–Crippen MR) is 84.2 cm³/mol. The number of benzene rings is 2. The van der Waals surface area contributed by atoms with Gasteiger partial charge >= 0.3 is 0 Å². The van der Waals surface area contributed by atoms with E-state index in [4.69, 9.17) is 9.47 Å². The number of sulfonamides is 1. The van der Waals surface area contributed by atoms with E-state index in [0.29, 0.717) is 35.9 Å². The summed E-state index contributed by atoms with van der Waals surface area (Å²) in [6.45, 7) is 2.40. The van der Waals surface area contributed by atoms with E-state index >= 15 is 0 Å². The van der Waals surface area contributed by atoms with E-state index < -0.39 is 10.0 Å². The third kappa shape index (κ3) is 2.39. The summed E-state index contributed by atoms with van der Waals surface area (Å²) in [5.41, 5.74) is 1.23. The zero-order valence-electron chi connectivity index (χ0n) is 12.4. The molecule has 0 atom stereocenters. The molecule has 3 rings (SSSR count). The number of methoxy groups -OCH3 is 1. The van der Waals surface area contributed by atoms with Crippen molar-refractivity contribution in [1.82, 2.24) is 0 Å². The van der Waals surface area contributed by atoms with Crippen molar-refractivity contribution in [3.8, 4) is 11.5 Å². The molecule has 0 aliphatic carbocycles.